The van der Waals surface area contributed by atoms with Crippen molar-refractivity contribution in [2.45, 2.75) is 0 Å². The van der Waals surface area contributed by atoms with Gasteiger partial charge in [-0.1, -0.05) is 0 Å². The molecule has 0 saturated heterocycles. The fourth-order valence-electron chi connectivity index (χ4n) is 1.83. The second kappa shape index (κ2) is 5.02. The number of thiazole rings is 1. The van der Waals surface area contributed by atoms with E-state index in [1.165, 1.54) is 11.3 Å². The van der Waals surface area contributed by atoms with Crippen molar-refractivity contribution in [1.29, 1.82) is 0 Å². The van der Waals surface area contributed by atoms with E-state index in [-0.39, 0.29) is 11.3 Å². The maximum Gasteiger partial charge on any atom is 0.132 e. The van der Waals surface area contributed by atoms with Gasteiger partial charge in [-0.3, -0.25) is 0 Å². The number of rotatable bonds is 2. The molecule has 0 aliphatic carbocycles. The largest absolute Gasteiger partial charge is 0.508 e. The van der Waals surface area contributed by atoms with Crippen LogP contribution in [0, 0.1) is 11.6 Å². The second-order valence-electron chi connectivity index (χ2n) is 4.21. The van der Waals surface area contributed by atoms with Crippen LogP contribution in [0.1, 0.15) is 0 Å². The van der Waals surface area contributed by atoms with Crippen LogP contribution in [0.25, 0.3) is 21.8 Å². The predicted octanol–water partition coefficient (Wildman–Crippen LogP) is 4.46. The van der Waals surface area contributed by atoms with E-state index in [1.54, 1.807) is 29.6 Å². The number of hydrogen-bond acceptors (Lipinski definition) is 3. The minimum absolute atomic E-state index is 0.145. The van der Waals surface area contributed by atoms with Crippen LogP contribution < -0.4 is 0 Å². The van der Waals surface area contributed by atoms with Crippen molar-refractivity contribution in [3.8, 4) is 27.6 Å². The Kier molecular flexibility index (Phi) is 3.20. The van der Waals surface area contributed by atoms with Gasteiger partial charge in [0.2, 0.25) is 0 Å². The molecule has 0 fully saturated rings. The maximum absolute atomic E-state index is 13.7. The van der Waals surface area contributed by atoms with Gasteiger partial charge < -0.3 is 5.11 Å². The highest BCUT2D eigenvalue weighted by Gasteiger charge is 2.11. The summed E-state index contributed by atoms with van der Waals surface area (Å²) in [5.74, 6) is -0.837. The van der Waals surface area contributed by atoms with E-state index in [0.717, 1.165) is 23.8 Å². The summed E-state index contributed by atoms with van der Waals surface area (Å²) in [4.78, 5) is 4.31. The van der Waals surface area contributed by atoms with Crippen molar-refractivity contribution in [3.05, 3.63) is 59.5 Å². The van der Waals surface area contributed by atoms with E-state index in [0.29, 0.717) is 10.7 Å². The quantitative estimate of drug-likeness (QED) is 0.755. The lowest BCUT2D eigenvalue weighted by Gasteiger charge is -1.99. The van der Waals surface area contributed by atoms with E-state index in [1.807, 2.05) is 0 Å². The zero-order valence-corrected chi connectivity index (χ0v) is 11.0. The van der Waals surface area contributed by atoms with Crippen LogP contribution in [0.3, 0.4) is 0 Å². The van der Waals surface area contributed by atoms with Crippen molar-refractivity contribution in [2.24, 2.45) is 0 Å². The molecule has 0 atom stereocenters. The number of aromatic nitrogens is 1. The Morgan fingerprint density at radius 3 is 2.50 bits per heavy atom. The monoisotopic (exact) mass is 289 g/mol. The summed E-state index contributed by atoms with van der Waals surface area (Å²) in [6.45, 7) is 0. The number of aromatic hydroxyl groups is 1. The van der Waals surface area contributed by atoms with E-state index >= 15 is 0 Å². The molecule has 0 radical (unpaired) electrons. The molecule has 3 rings (SSSR count). The molecule has 3 aromatic rings. The van der Waals surface area contributed by atoms with Crippen molar-refractivity contribution in [2.75, 3.05) is 0 Å². The molecular formula is C15H9F2NOS. The molecule has 0 saturated carbocycles. The van der Waals surface area contributed by atoms with Gasteiger partial charge in [0.05, 0.1) is 5.69 Å². The van der Waals surface area contributed by atoms with Gasteiger partial charge in [0.25, 0.3) is 0 Å². The van der Waals surface area contributed by atoms with Crippen molar-refractivity contribution < 1.29 is 13.9 Å². The molecule has 1 N–H and O–H groups in total. The van der Waals surface area contributed by atoms with E-state index in [2.05, 4.69) is 4.98 Å². The van der Waals surface area contributed by atoms with Crippen molar-refractivity contribution in [1.82, 2.24) is 4.98 Å². The number of phenolic OH excluding ortho intramolecular Hbond substituents is 1. The number of benzene rings is 2. The molecule has 5 heteroatoms. The van der Waals surface area contributed by atoms with Gasteiger partial charge in [-0.25, -0.2) is 13.8 Å². The topological polar surface area (TPSA) is 33.1 Å². The van der Waals surface area contributed by atoms with Crippen molar-refractivity contribution in [3.63, 3.8) is 0 Å². The van der Waals surface area contributed by atoms with Gasteiger partial charge in [0.1, 0.15) is 22.4 Å². The summed E-state index contributed by atoms with van der Waals surface area (Å²) in [6.07, 6.45) is 0. The average molecular weight is 289 g/mol. The maximum atomic E-state index is 13.7. The Balaban J connectivity index is 2.01. The summed E-state index contributed by atoms with van der Waals surface area (Å²) in [6, 6.07) is 9.85. The number of hydrogen-bond donors (Lipinski definition) is 1. The number of phenols is 1. The van der Waals surface area contributed by atoms with Gasteiger partial charge in [-0.2, -0.15) is 0 Å². The Morgan fingerprint density at radius 1 is 1.00 bits per heavy atom. The highest BCUT2D eigenvalue weighted by atomic mass is 32.1. The first-order valence-electron chi connectivity index (χ1n) is 5.84. The molecular weight excluding hydrogens is 280 g/mol. The smallest absolute Gasteiger partial charge is 0.132 e. The number of nitrogens with zero attached hydrogens (tertiary/aromatic N) is 1. The van der Waals surface area contributed by atoms with Crippen LogP contribution in [0.15, 0.2) is 47.8 Å². The number of halogens is 2. The molecule has 0 aliphatic rings. The van der Waals surface area contributed by atoms with Gasteiger partial charge in [0, 0.05) is 16.5 Å². The highest BCUT2D eigenvalue weighted by molar-refractivity contribution is 7.13. The summed E-state index contributed by atoms with van der Waals surface area (Å²) in [5.41, 5.74) is 1.36. The summed E-state index contributed by atoms with van der Waals surface area (Å²) in [7, 11) is 0. The Morgan fingerprint density at radius 2 is 1.75 bits per heavy atom. The van der Waals surface area contributed by atoms with E-state index in [4.69, 9.17) is 0 Å². The second-order valence-corrected chi connectivity index (χ2v) is 5.07. The third-order valence-corrected chi connectivity index (χ3v) is 3.71. The standard InChI is InChI=1S/C15H9F2NOS/c16-10-3-6-13(17)12(7-10)14-8-20-15(18-14)9-1-4-11(19)5-2-9/h1-8,19H. The molecule has 1 aromatic heterocycles. The fourth-order valence-corrected chi connectivity index (χ4v) is 2.65. The zero-order valence-electron chi connectivity index (χ0n) is 10.2. The molecule has 0 unspecified atom stereocenters. The first-order valence-corrected chi connectivity index (χ1v) is 6.72. The summed E-state index contributed by atoms with van der Waals surface area (Å²) in [5, 5.41) is 11.6. The van der Waals surface area contributed by atoms with E-state index in [9.17, 15) is 13.9 Å². The molecule has 2 nitrogen and oxygen atoms in total. The summed E-state index contributed by atoms with van der Waals surface area (Å²) >= 11 is 1.34. The lowest BCUT2D eigenvalue weighted by Crippen LogP contribution is -1.86. The minimum atomic E-state index is -0.506. The van der Waals surface area contributed by atoms with Crippen LogP contribution in [-0.2, 0) is 0 Å². The first kappa shape index (κ1) is 12.7. The van der Waals surface area contributed by atoms with Crippen LogP contribution in [0.5, 0.6) is 5.75 Å². The molecule has 2 aromatic carbocycles. The molecule has 0 aliphatic heterocycles. The third kappa shape index (κ3) is 2.40. The van der Waals surface area contributed by atoms with Crippen LogP contribution in [0.4, 0.5) is 8.78 Å². The molecule has 1 heterocycles. The first-order chi connectivity index (χ1) is 9.63. The van der Waals surface area contributed by atoms with Crippen molar-refractivity contribution >= 4 is 11.3 Å². The predicted molar refractivity (Wildman–Crippen MR) is 74.6 cm³/mol. The zero-order chi connectivity index (χ0) is 14.1. The summed E-state index contributed by atoms with van der Waals surface area (Å²) < 4.78 is 26.9. The fraction of sp³-hybridized carbons (Fsp3) is 0. The van der Waals surface area contributed by atoms with Crippen LogP contribution in [-0.4, -0.2) is 10.1 Å². The highest BCUT2D eigenvalue weighted by Crippen LogP contribution is 2.31. The molecule has 100 valence electrons. The van der Waals surface area contributed by atoms with Crippen LogP contribution >= 0.6 is 11.3 Å². The molecule has 20 heavy (non-hydrogen) atoms. The van der Waals surface area contributed by atoms with Crippen LogP contribution in [0.2, 0.25) is 0 Å². The van der Waals surface area contributed by atoms with Gasteiger partial charge >= 0.3 is 0 Å². The minimum Gasteiger partial charge on any atom is -0.508 e. The molecule has 0 bridgehead atoms. The SMILES string of the molecule is Oc1ccc(-c2nc(-c3cc(F)ccc3F)cs2)cc1. The lowest BCUT2D eigenvalue weighted by atomic mass is 10.1. The lowest BCUT2D eigenvalue weighted by molar-refractivity contribution is 0.475. The van der Waals surface area contributed by atoms with Gasteiger partial charge in [-0.05, 0) is 42.5 Å². The Labute approximate surface area is 118 Å². The Bertz CT molecular complexity index is 753. The normalized spacial score (nSPS) is 10.7. The molecule has 0 amide bonds. The molecule has 0 spiro atoms. The Hall–Kier alpha value is -2.27. The van der Waals surface area contributed by atoms with Gasteiger partial charge in [-0.15, -0.1) is 11.3 Å². The van der Waals surface area contributed by atoms with E-state index < -0.39 is 11.6 Å². The van der Waals surface area contributed by atoms with Gasteiger partial charge in [0.15, 0.2) is 0 Å². The average Bonchev–Trinajstić information content (AvgIpc) is 2.92. The third-order valence-electron chi connectivity index (χ3n) is 2.82.